The van der Waals surface area contributed by atoms with Crippen molar-refractivity contribution in [1.82, 2.24) is 10.2 Å². The summed E-state index contributed by atoms with van der Waals surface area (Å²) in [5.41, 5.74) is 2.45. The molecule has 178 valence electrons. The number of rotatable bonds is 11. The molecule has 3 rings (SSSR count). The van der Waals surface area contributed by atoms with Crippen molar-refractivity contribution in [2.75, 3.05) is 20.3 Å². The average Bonchev–Trinajstić information content (AvgIpc) is 2.84. The van der Waals surface area contributed by atoms with Crippen molar-refractivity contribution >= 4 is 23.4 Å². The Labute approximate surface area is 204 Å². The maximum absolute atomic E-state index is 13.5. The van der Waals surface area contributed by atoms with Gasteiger partial charge in [0.2, 0.25) is 11.8 Å². The molecule has 7 heteroatoms. The first kappa shape index (κ1) is 25.4. The zero-order chi connectivity index (χ0) is 24.3. The maximum Gasteiger partial charge on any atom is 0.243 e. The molecule has 0 saturated carbocycles. The Balaban J connectivity index is 1.92. The van der Waals surface area contributed by atoms with Crippen molar-refractivity contribution in [3.05, 3.63) is 106 Å². The van der Waals surface area contributed by atoms with Gasteiger partial charge < -0.3 is 15.0 Å². The van der Waals surface area contributed by atoms with Gasteiger partial charge in [0.25, 0.3) is 0 Å². The van der Waals surface area contributed by atoms with Crippen molar-refractivity contribution in [2.24, 2.45) is 0 Å². The summed E-state index contributed by atoms with van der Waals surface area (Å²) in [7, 11) is 1.56. The summed E-state index contributed by atoms with van der Waals surface area (Å²) in [6.45, 7) is 0.860. The molecule has 0 aliphatic heterocycles. The molecular weight excluding hydrogens is 455 g/mol. The van der Waals surface area contributed by atoms with Crippen molar-refractivity contribution in [1.29, 1.82) is 0 Å². The predicted octanol–water partition coefficient (Wildman–Crippen LogP) is 4.42. The number of hydrogen-bond acceptors (Lipinski definition) is 3. The maximum atomic E-state index is 13.5. The minimum Gasteiger partial charge on any atom is -0.383 e. The molecule has 0 heterocycles. The van der Waals surface area contributed by atoms with Crippen LogP contribution >= 0.6 is 11.6 Å². The lowest BCUT2D eigenvalue weighted by atomic mass is 10.0. The van der Waals surface area contributed by atoms with Gasteiger partial charge in [-0.2, -0.15) is 0 Å². The Morgan fingerprint density at radius 2 is 1.59 bits per heavy atom. The Morgan fingerprint density at radius 3 is 2.24 bits per heavy atom. The fraction of sp³-hybridized carbons (Fsp3) is 0.259. The molecule has 0 fully saturated rings. The molecule has 0 aliphatic rings. The van der Waals surface area contributed by atoms with E-state index in [1.807, 2.05) is 30.3 Å². The van der Waals surface area contributed by atoms with Crippen LogP contribution in [0.25, 0.3) is 0 Å². The highest BCUT2D eigenvalue weighted by Gasteiger charge is 2.30. The molecule has 34 heavy (non-hydrogen) atoms. The number of carbonyl (C=O) groups is 2. The van der Waals surface area contributed by atoms with Crippen LogP contribution in [0.3, 0.4) is 0 Å². The lowest BCUT2D eigenvalue weighted by Gasteiger charge is -2.31. The third kappa shape index (κ3) is 7.68. The molecule has 5 nitrogen and oxygen atoms in total. The van der Waals surface area contributed by atoms with Crippen LogP contribution in [-0.4, -0.2) is 43.0 Å². The van der Waals surface area contributed by atoms with E-state index < -0.39 is 6.04 Å². The molecule has 0 aromatic heterocycles. The summed E-state index contributed by atoms with van der Waals surface area (Å²) in [4.78, 5) is 28.4. The fourth-order valence-electron chi connectivity index (χ4n) is 3.61. The molecule has 3 aromatic carbocycles. The van der Waals surface area contributed by atoms with Crippen LogP contribution in [0.15, 0.2) is 78.9 Å². The quantitative estimate of drug-likeness (QED) is 0.411. The van der Waals surface area contributed by atoms with E-state index in [1.54, 1.807) is 48.4 Å². The lowest BCUT2D eigenvalue weighted by Crippen LogP contribution is -2.51. The van der Waals surface area contributed by atoms with E-state index in [0.29, 0.717) is 24.6 Å². The summed E-state index contributed by atoms with van der Waals surface area (Å²) in [6.07, 6.45) is 0.447. The molecule has 0 radical (unpaired) electrons. The minimum atomic E-state index is -0.760. The van der Waals surface area contributed by atoms with E-state index in [4.69, 9.17) is 16.3 Å². The summed E-state index contributed by atoms with van der Waals surface area (Å²) in [5.74, 6) is -0.845. The number of benzene rings is 3. The van der Waals surface area contributed by atoms with Crippen molar-refractivity contribution < 1.29 is 18.7 Å². The van der Waals surface area contributed by atoms with E-state index in [2.05, 4.69) is 5.32 Å². The van der Waals surface area contributed by atoms with Gasteiger partial charge in [-0.1, -0.05) is 66.2 Å². The normalized spacial score (nSPS) is 11.6. The molecule has 0 saturated heterocycles. The first-order chi connectivity index (χ1) is 16.5. The van der Waals surface area contributed by atoms with Crippen LogP contribution in [0.2, 0.25) is 5.02 Å². The van der Waals surface area contributed by atoms with Crippen LogP contribution in [0.4, 0.5) is 4.39 Å². The van der Waals surface area contributed by atoms with Gasteiger partial charge >= 0.3 is 0 Å². The fourth-order valence-corrected chi connectivity index (χ4v) is 3.74. The second-order valence-corrected chi connectivity index (χ2v) is 8.38. The zero-order valence-corrected chi connectivity index (χ0v) is 19.8. The summed E-state index contributed by atoms with van der Waals surface area (Å²) in [5, 5.41) is 3.45. The molecule has 1 atom stereocenters. The van der Waals surface area contributed by atoms with Gasteiger partial charge in [0.05, 0.1) is 13.0 Å². The number of hydrogen-bond donors (Lipinski definition) is 1. The first-order valence-electron chi connectivity index (χ1n) is 11.0. The van der Waals surface area contributed by atoms with Gasteiger partial charge in [0.1, 0.15) is 11.9 Å². The number of halogens is 2. The summed E-state index contributed by atoms with van der Waals surface area (Å²) < 4.78 is 18.5. The molecular formula is C27H28ClFN2O3. The zero-order valence-electron chi connectivity index (χ0n) is 19.0. The number of carbonyl (C=O) groups excluding carboxylic acids is 2. The van der Waals surface area contributed by atoms with Gasteiger partial charge in [0.15, 0.2) is 0 Å². The highest BCUT2D eigenvalue weighted by molar-refractivity contribution is 6.30. The Bertz CT molecular complexity index is 1060. The lowest BCUT2D eigenvalue weighted by molar-refractivity contribution is -0.140. The monoisotopic (exact) mass is 482 g/mol. The molecule has 0 bridgehead atoms. The Kier molecular flexibility index (Phi) is 9.62. The van der Waals surface area contributed by atoms with Crippen LogP contribution in [0.1, 0.15) is 16.7 Å². The highest BCUT2D eigenvalue weighted by Crippen LogP contribution is 2.18. The molecule has 2 amide bonds. The predicted molar refractivity (Wildman–Crippen MR) is 131 cm³/mol. The second-order valence-electron chi connectivity index (χ2n) is 7.94. The second kappa shape index (κ2) is 12.9. The highest BCUT2D eigenvalue weighted by atomic mass is 35.5. The number of amides is 2. The Morgan fingerprint density at radius 1 is 0.941 bits per heavy atom. The summed E-state index contributed by atoms with van der Waals surface area (Å²) in [6, 6.07) is 21.8. The van der Waals surface area contributed by atoms with Crippen LogP contribution in [0, 0.1) is 5.82 Å². The van der Waals surface area contributed by atoms with Gasteiger partial charge in [-0.3, -0.25) is 9.59 Å². The van der Waals surface area contributed by atoms with E-state index in [-0.39, 0.29) is 30.6 Å². The topological polar surface area (TPSA) is 58.6 Å². The van der Waals surface area contributed by atoms with E-state index >= 15 is 0 Å². The van der Waals surface area contributed by atoms with Gasteiger partial charge in [0, 0.05) is 31.6 Å². The van der Waals surface area contributed by atoms with Crippen LogP contribution in [-0.2, 0) is 33.7 Å². The van der Waals surface area contributed by atoms with Crippen molar-refractivity contribution in [2.45, 2.75) is 25.4 Å². The number of methoxy groups -OCH3 is 1. The molecule has 0 spiro atoms. The molecule has 1 N–H and O–H groups in total. The van der Waals surface area contributed by atoms with E-state index in [1.165, 1.54) is 12.1 Å². The van der Waals surface area contributed by atoms with Crippen LogP contribution < -0.4 is 5.32 Å². The average molecular weight is 483 g/mol. The third-order valence-electron chi connectivity index (χ3n) is 5.41. The number of nitrogens with one attached hydrogen (secondary N) is 1. The smallest absolute Gasteiger partial charge is 0.243 e. The standard InChI is InChI=1S/C27H28ClFN2O3/c1-34-16-15-30-27(33)25(17-20-5-3-2-4-6-20)31(19-22-9-13-24(29)14-10-22)26(32)18-21-7-11-23(28)12-8-21/h2-14,25H,15-19H2,1H3,(H,30,33)/t25-/m1/s1. The molecule has 0 aliphatic carbocycles. The van der Waals surface area contributed by atoms with Crippen molar-refractivity contribution in [3.8, 4) is 0 Å². The van der Waals surface area contributed by atoms with E-state index in [0.717, 1.165) is 16.7 Å². The minimum absolute atomic E-state index is 0.106. The number of ether oxygens (including phenoxy) is 1. The first-order valence-corrected chi connectivity index (χ1v) is 11.4. The molecule has 3 aromatic rings. The summed E-state index contributed by atoms with van der Waals surface area (Å²) >= 11 is 5.98. The molecule has 0 unspecified atom stereocenters. The van der Waals surface area contributed by atoms with Crippen molar-refractivity contribution in [3.63, 3.8) is 0 Å². The van der Waals surface area contributed by atoms with Gasteiger partial charge in [-0.05, 0) is 41.0 Å². The van der Waals surface area contributed by atoms with E-state index in [9.17, 15) is 14.0 Å². The van der Waals surface area contributed by atoms with Gasteiger partial charge in [-0.25, -0.2) is 4.39 Å². The SMILES string of the molecule is COCCNC(=O)[C@@H](Cc1ccccc1)N(Cc1ccc(F)cc1)C(=O)Cc1ccc(Cl)cc1. The third-order valence-corrected chi connectivity index (χ3v) is 5.66. The van der Waals surface area contributed by atoms with Gasteiger partial charge in [-0.15, -0.1) is 0 Å². The number of nitrogens with zero attached hydrogens (tertiary/aromatic N) is 1. The Hall–Kier alpha value is -3.22. The largest absolute Gasteiger partial charge is 0.383 e. The van der Waals surface area contributed by atoms with Crippen LogP contribution in [0.5, 0.6) is 0 Å².